The summed E-state index contributed by atoms with van der Waals surface area (Å²) < 4.78 is 0. The summed E-state index contributed by atoms with van der Waals surface area (Å²) in [5.41, 5.74) is 1.53. The highest BCUT2D eigenvalue weighted by Gasteiger charge is 2.21. The lowest BCUT2D eigenvalue weighted by molar-refractivity contribution is -0.112. The van der Waals surface area contributed by atoms with Gasteiger partial charge in [-0.05, 0) is 50.3 Å². The van der Waals surface area contributed by atoms with E-state index in [-0.39, 0.29) is 18.2 Å². The Hall–Kier alpha value is -2.03. The minimum atomic E-state index is -0.448. The summed E-state index contributed by atoms with van der Waals surface area (Å²) in [6.45, 7) is 2.76. The van der Waals surface area contributed by atoms with Crippen LogP contribution in [0.1, 0.15) is 31.2 Å². The van der Waals surface area contributed by atoms with Gasteiger partial charge in [-0.2, -0.15) is 5.26 Å². The number of piperidine rings is 1. The van der Waals surface area contributed by atoms with Crippen molar-refractivity contribution in [2.24, 2.45) is 0 Å². The first-order valence-corrected chi connectivity index (χ1v) is 8.49. The molecule has 1 unspecified atom stereocenters. The van der Waals surface area contributed by atoms with Gasteiger partial charge in [0.15, 0.2) is 0 Å². The molecular weight excluding hydrogens is 326 g/mol. The quantitative estimate of drug-likeness (QED) is 0.633. The van der Waals surface area contributed by atoms with Gasteiger partial charge in [-0.1, -0.05) is 17.7 Å². The topological polar surface area (TPSA) is 76.4 Å². The number of aliphatic hydroxyl groups excluding tert-OH is 1. The molecule has 2 rings (SSSR count). The summed E-state index contributed by atoms with van der Waals surface area (Å²) in [4.78, 5) is 14.4. The second-order valence-corrected chi connectivity index (χ2v) is 6.40. The van der Waals surface area contributed by atoms with Gasteiger partial charge in [0.2, 0.25) is 0 Å². The van der Waals surface area contributed by atoms with Crippen LogP contribution in [0.2, 0.25) is 5.02 Å². The van der Waals surface area contributed by atoms with Gasteiger partial charge in [0, 0.05) is 36.1 Å². The molecule has 1 aliphatic heterocycles. The van der Waals surface area contributed by atoms with Crippen molar-refractivity contribution in [3.63, 3.8) is 0 Å². The maximum Gasteiger partial charge on any atom is 0.267 e. The summed E-state index contributed by atoms with van der Waals surface area (Å²) in [7, 11) is 0. The van der Waals surface area contributed by atoms with E-state index in [0.29, 0.717) is 17.1 Å². The molecule has 0 radical (unpaired) electrons. The fourth-order valence-corrected chi connectivity index (χ4v) is 3.05. The number of halogens is 1. The number of nitriles is 1. The van der Waals surface area contributed by atoms with E-state index in [1.54, 1.807) is 18.3 Å². The lowest BCUT2D eigenvalue weighted by Crippen LogP contribution is -2.37. The maximum atomic E-state index is 12.4. The molecular formula is C18H22ClN3O2. The molecule has 6 heteroatoms. The zero-order chi connectivity index (χ0) is 17.5. The number of hydrogen-bond acceptors (Lipinski definition) is 4. The number of carbonyl (C=O) groups is 1. The van der Waals surface area contributed by atoms with E-state index in [2.05, 4.69) is 5.32 Å². The van der Waals surface area contributed by atoms with E-state index >= 15 is 0 Å². The summed E-state index contributed by atoms with van der Waals surface area (Å²) in [6.07, 6.45) is 5.35. The number of carbonyl (C=O) groups excluding carboxylic acids is 1. The number of benzene rings is 1. The summed E-state index contributed by atoms with van der Waals surface area (Å²) >= 11 is 5.96. The molecule has 1 heterocycles. The maximum absolute atomic E-state index is 12.4. The van der Waals surface area contributed by atoms with Crippen molar-refractivity contribution in [2.75, 3.05) is 18.5 Å². The molecule has 0 aliphatic carbocycles. The lowest BCUT2D eigenvalue weighted by Gasteiger charge is -2.34. The van der Waals surface area contributed by atoms with E-state index < -0.39 is 5.91 Å². The molecule has 24 heavy (non-hydrogen) atoms. The third kappa shape index (κ3) is 4.73. The second kappa shape index (κ2) is 8.72. The standard InChI is InChI=1S/C18H22ClN3O2/c1-13-5-6-15(19)10-17(13)21-18(24)14(11-20)12-22-8-3-2-4-16(22)7-9-23/h5-6,10,12,16,23H,2-4,7-9H2,1H3,(H,21,24)/b14-12-. The van der Waals surface area contributed by atoms with Crippen LogP contribution in [0.15, 0.2) is 30.0 Å². The van der Waals surface area contributed by atoms with Crippen molar-refractivity contribution in [2.45, 2.75) is 38.6 Å². The van der Waals surface area contributed by atoms with Crippen molar-refractivity contribution in [3.05, 3.63) is 40.6 Å². The first-order valence-electron chi connectivity index (χ1n) is 8.11. The van der Waals surface area contributed by atoms with E-state index in [4.69, 9.17) is 11.6 Å². The van der Waals surface area contributed by atoms with Crippen LogP contribution in [0.3, 0.4) is 0 Å². The van der Waals surface area contributed by atoms with Crippen molar-refractivity contribution in [1.29, 1.82) is 5.26 Å². The number of aryl methyl sites for hydroxylation is 1. The van der Waals surface area contributed by atoms with Crippen LogP contribution >= 0.6 is 11.6 Å². The molecule has 1 atom stereocenters. The van der Waals surface area contributed by atoms with Crippen molar-refractivity contribution in [3.8, 4) is 6.07 Å². The average molecular weight is 348 g/mol. The highest BCUT2D eigenvalue weighted by Crippen LogP contribution is 2.23. The predicted molar refractivity (Wildman–Crippen MR) is 94.6 cm³/mol. The Morgan fingerprint density at radius 1 is 1.54 bits per heavy atom. The number of amides is 1. The minimum absolute atomic E-state index is 0.0548. The molecule has 1 saturated heterocycles. The van der Waals surface area contributed by atoms with Crippen LogP contribution in [0.5, 0.6) is 0 Å². The lowest BCUT2D eigenvalue weighted by atomic mass is 10.00. The fourth-order valence-electron chi connectivity index (χ4n) is 2.87. The smallest absolute Gasteiger partial charge is 0.267 e. The third-order valence-corrected chi connectivity index (χ3v) is 4.48. The molecule has 0 spiro atoms. The number of anilines is 1. The summed E-state index contributed by atoms with van der Waals surface area (Å²) in [5, 5.41) is 21.8. The molecule has 2 N–H and O–H groups in total. The molecule has 5 nitrogen and oxygen atoms in total. The minimum Gasteiger partial charge on any atom is -0.396 e. The normalized spacial score (nSPS) is 18.2. The monoisotopic (exact) mass is 347 g/mol. The highest BCUT2D eigenvalue weighted by atomic mass is 35.5. The zero-order valence-corrected chi connectivity index (χ0v) is 14.5. The molecule has 128 valence electrons. The first-order chi connectivity index (χ1) is 11.5. The summed E-state index contributed by atoms with van der Waals surface area (Å²) in [6, 6.07) is 7.38. The van der Waals surface area contributed by atoms with Gasteiger partial charge in [-0.3, -0.25) is 4.79 Å². The number of hydrogen-bond donors (Lipinski definition) is 2. The number of likely N-dealkylation sites (tertiary alicyclic amines) is 1. The molecule has 1 aromatic carbocycles. The van der Waals surface area contributed by atoms with Crippen LogP contribution in [0, 0.1) is 18.3 Å². The van der Waals surface area contributed by atoms with E-state index in [1.165, 1.54) is 0 Å². The molecule has 0 aromatic heterocycles. The molecule has 0 saturated carbocycles. The van der Waals surface area contributed by atoms with Gasteiger partial charge in [0.1, 0.15) is 11.6 Å². The van der Waals surface area contributed by atoms with Gasteiger partial charge < -0.3 is 15.3 Å². The van der Waals surface area contributed by atoms with Crippen LogP contribution in [0.4, 0.5) is 5.69 Å². The average Bonchev–Trinajstić information content (AvgIpc) is 2.57. The number of aliphatic hydroxyl groups is 1. The van der Waals surface area contributed by atoms with Crippen LogP contribution in [-0.2, 0) is 4.79 Å². The predicted octanol–water partition coefficient (Wildman–Crippen LogP) is 3.23. The Morgan fingerprint density at radius 3 is 3.04 bits per heavy atom. The zero-order valence-electron chi connectivity index (χ0n) is 13.8. The number of rotatable bonds is 5. The Kier molecular flexibility index (Phi) is 6.65. The third-order valence-electron chi connectivity index (χ3n) is 4.24. The van der Waals surface area contributed by atoms with E-state index in [9.17, 15) is 15.2 Å². The summed E-state index contributed by atoms with van der Waals surface area (Å²) in [5.74, 6) is -0.448. The second-order valence-electron chi connectivity index (χ2n) is 5.97. The van der Waals surface area contributed by atoms with E-state index in [0.717, 1.165) is 31.4 Å². The molecule has 0 bridgehead atoms. The highest BCUT2D eigenvalue weighted by molar-refractivity contribution is 6.31. The van der Waals surface area contributed by atoms with Crippen LogP contribution in [-0.4, -0.2) is 35.1 Å². The number of nitrogens with zero attached hydrogens (tertiary/aromatic N) is 2. The SMILES string of the molecule is Cc1ccc(Cl)cc1NC(=O)/C(C#N)=C\N1CCCCC1CCO. The van der Waals surface area contributed by atoms with Crippen molar-refractivity contribution < 1.29 is 9.90 Å². The van der Waals surface area contributed by atoms with Crippen LogP contribution < -0.4 is 5.32 Å². The molecule has 1 aliphatic rings. The van der Waals surface area contributed by atoms with Crippen molar-refractivity contribution in [1.82, 2.24) is 4.90 Å². The van der Waals surface area contributed by atoms with Crippen molar-refractivity contribution >= 4 is 23.2 Å². The Morgan fingerprint density at radius 2 is 2.33 bits per heavy atom. The molecule has 1 fully saturated rings. The van der Waals surface area contributed by atoms with Gasteiger partial charge in [0.25, 0.3) is 5.91 Å². The Balaban J connectivity index is 2.15. The van der Waals surface area contributed by atoms with E-state index in [1.807, 2.05) is 24.0 Å². The van der Waals surface area contributed by atoms with Gasteiger partial charge in [-0.15, -0.1) is 0 Å². The number of nitrogens with one attached hydrogen (secondary N) is 1. The molecule has 1 amide bonds. The van der Waals surface area contributed by atoms with Gasteiger partial charge >= 0.3 is 0 Å². The van der Waals surface area contributed by atoms with Gasteiger partial charge in [0.05, 0.1) is 0 Å². The molecule has 1 aromatic rings. The van der Waals surface area contributed by atoms with Crippen LogP contribution in [0.25, 0.3) is 0 Å². The Bertz CT molecular complexity index is 665. The fraction of sp³-hybridized carbons (Fsp3) is 0.444. The largest absolute Gasteiger partial charge is 0.396 e. The van der Waals surface area contributed by atoms with Gasteiger partial charge in [-0.25, -0.2) is 0 Å². The first kappa shape index (κ1) is 18.3. The Labute approximate surface area is 147 Å².